The van der Waals surface area contributed by atoms with Crippen molar-refractivity contribution in [2.24, 2.45) is 11.7 Å². The summed E-state index contributed by atoms with van der Waals surface area (Å²) in [6.45, 7) is 4.85. The van der Waals surface area contributed by atoms with E-state index in [1.165, 1.54) is 18.4 Å². The van der Waals surface area contributed by atoms with E-state index in [0.717, 1.165) is 5.69 Å². The summed E-state index contributed by atoms with van der Waals surface area (Å²) in [6, 6.07) is 7.99. The van der Waals surface area contributed by atoms with E-state index in [2.05, 4.69) is 19.2 Å². The molecule has 0 saturated heterocycles. The zero-order valence-electron chi connectivity index (χ0n) is 11.2. The van der Waals surface area contributed by atoms with Crippen LogP contribution in [0.25, 0.3) is 0 Å². The number of rotatable bonds is 5. The van der Waals surface area contributed by atoms with Crippen molar-refractivity contribution in [1.82, 2.24) is 0 Å². The average Bonchev–Trinajstić information content (AvgIpc) is 3.13. The second-order valence-electron chi connectivity index (χ2n) is 5.86. The molecule has 2 rings (SSSR count). The van der Waals surface area contributed by atoms with Gasteiger partial charge in [-0.05, 0) is 36.5 Å². The molecule has 3 N–H and O–H groups in total. The minimum absolute atomic E-state index is 0.0173. The lowest BCUT2D eigenvalue weighted by Crippen LogP contribution is -2.27. The number of hydrogen-bond acceptors (Lipinski definition) is 2. The number of benzene rings is 1. The van der Waals surface area contributed by atoms with Crippen LogP contribution in [0.1, 0.15) is 38.7 Å². The number of carbonyl (C=O) groups is 1. The molecule has 1 aromatic rings. The molecule has 1 aliphatic rings. The van der Waals surface area contributed by atoms with Gasteiger partial charge in [0.1, 0.15) is 0 Å². The van der Waals surface area contributed by atoms with E-state index >= 15 is 0 Å². The van der Waals surface area contributed by atoms with E-state index < -0.39 is 0 Å². The summed E-state index contributed by atoms with van der Waals surface area (Å²) in [5.41, 5.74) is 7.80. The molecule has 1 aliphatic carbocycles. The van der Waals surface area contributed by atoms with Crippen LogP contribution in [0, 0.1) is 5.92 Å². The molecule has 1 amide bonds. The van der Waals surface area contributed by atoms with Gasteiger partial charge in [-0.15, -0.1) is 0 Å². The summed E-state index contributed by atoms with van der Waals surface area (Å²) in [5, 5.41) is 2.94. The Labute approximate surface area is 109 Å². The van der Waals surface area contributed by atoms with Crippen LogP contribution in [0.5, 0.6) is 0 Å². The Bertz CT molecular complexity index is 419. The Balaban J connectivity index is 1.96. The molecule has 0 heterocycles. The fourth-order valence-electron chi connectivity index (χ4n) is 1.92. The minimum atomic E-state index is -0.0173. The maximum absolute atomic E-state index is 11.7. The van der Waals surface area contributed by atoms with Gasteiger partial charge < -0.3 is 11.1 Å². The Kier molecular flexibility index (Phi) is 3.71. The molecule has 18 heavy (non-hydrogen) atoms. The summed E-state index contributed by atoms with van der Waals surface area (Å²) in [7, 11) is 0. The van der Waals surface area contributed by atoms with Gasteiger partial charge in [0, 0.05) is 24.1 Å². The first-order chi connectivity index (χ1) is 8.51. The largest absolute Gasteiger partial charge is 0.330 e. The van der Waals surface area contributed by atoms with Crippen molar-refractivity contribution < 1.29 is 4.79 Å². The lowest BCUT2D eigenvalue weighted by Gasteiger charge is -2.23. The lowest BCUT2D eigenvalue weighted by molar-refractivity contribution is -0.116. The van der Waals surface area contributed by atoms with Crippen LogP contribution < -0.4 is 11.1 Å². The van der Waals surface area contributed by atoms with Crippen molar-refractivity contribution in [2.45, 2.75) is 38.5 Å². The molecular formula is C15H22N2O. The Morgan fingerprint density at radius 1 is 1.33 bits per heavy atom. The maximum Gasteiger partial charge on any atom is 0.224 e. The highest BCUT2D eigenvalue weighted by molar-refractivity contribution is 5.91. The number of nitrogens with one attached hydrogen (secondary N) is 1. The third-order valence-electron chi connectivity index (χ3n) is 3.63. The van der Waals surface area contributed by atoms with Crippen LogP contribution in [-0.2, 0) is 10.2 Å². The first kappa shape index (κ1) is 13.1. The predicted molar refractivity (Wildman–Crippen MR) is 74.5 cm³/mol. The fourth-order valence-corrected chi connectivity index (χ4v) is 1.92. The van der Waals surface area contributed by atoms with Crippen molar-refractivity contribution in [1.29, 1.82) is 0 Å². The molecule has 0 aliphatic heterocycles. The van der Waals surface area contributed by atoms with Gasteiger partial charge in [-0.25, -0.2) is 0 Å². The zero-order valence-corrected chi connectivity index (χ0v) is 11.2. The number of hydrogen-bond donors (Lipinski definition) is 2. The molecule has 0 aromatic heterocycles. The number of nitrogens with two attached hydrogens (primary N) is 1. The predicted octanol–water partition coefficient (Wildman–Crippen LogP) is 2.66. The lowest BCUT2D eigenvalue weighted by atomic mass is 9.85. The number of carbonyl (C=O) groups excluding carboxylic acids is 1. The van der Waals surface area contributed by atoms with Crippen molar-refractivity contribution >= 4 is 11.6 Å². The van der Waals surface area contributed by atoms with Crippen molar-refractivity contribution in [3.05, 3.63) is 29.8 Å². The number of amides is 1. The SMILES string of the molecule is CC(C)(CN)c1ccc(NC(=O)CC2CC2)cc1. The summed E-state index contributed by atoms with van der Waals surface area (Å²) in [5.74, 6) is 0.754. The molecule has 0 atom stereocenters. The standard InChI is InChI=1S/C15H22N2O/c1-15(2,10-16)12-5-7-13(8-6-12)17-14(18)9-11-3-4-11/h5-8,11H,3-4,9-10,16H2,1-2H3,(H,17,18). The van der Waals surface area contributed by atoms with E-state index in [0.29, 0.717) is 18.9 Å². The van der Waals surface area contributed by atoms with Crippen molar-refractivity contribution in [3.63, 3.8) is 0 Å². The van der Waals surface area contributed by atoms with Crippen LogP contribution in [0.15, 0.2) is 24.3 Å². The molecule has 0 spiro atoms. The summed E-state index contributed by atoms with van der Waals surface area (Å²) >= 11 is 0. The van der Waals surface area contributed by atoms with Gasteiger partial charge in [0.25, 0.3) is 0 Å². The molecule has 1 aromatic carbocycles. The molecule has 0 unspecified atom stereocenters. The van der Waals surface area contributed by atoms with Gasteiger partial charge in [-0.2, -0.15) is 0 Å². The van der Waals surface area contributed by atoms with Crippen LogP contribution in [0.3, 0.4) is 0 Å². The topological polar surface area (TPSA) is 55.1 Å². The normalized spacial score (nSPS) is 15.5. The highest BCUT2D eigenvalue weighted by atomic mass is 16.1. The smallest absolute Gasteiger partial charge is 0.224 e. The van der Waals surface area contributed by atoms with Crippen molar-refractivity contribution in [3.8, 4) is 0 Å². The van der Waals surface area contributed by atoms with Crippen LogP contribution >= 0.6 is 0 Å². The van der Waals surface area contributed by atoms with Crippen molar-refractivity contribution in [2.75, 3.05) is 11.9 Å². The zero-order chi connectivity index (χ0) is 13.2. The van der Waals surface area contributed by atoms with Gasteiger partial charge in [0.2, 0.25) is 5.91 Å². The first-order valence-corrected chi connectivity index (χ1v) is 6.62. The second kappa shape index (κ2) is 5.11. The molecular weight excluding hydrogens is 224 g/mol. The maximum atomic E-state index is 11.7. The van der Waals surface area contributed by atoms with E-state index in [1.54, 1.807) is 0 Å². The van der Waals surface area contributed by atoms with E-state index in [4.69, 9.17) is 5.73 Å². The minimum Gasteiger partial charge on any atom is -0.330 e. The van der Waals surface area contributed by atoms with Gasteiger partial charge in [-0.3, -0.25) is 4.79 Å². The first-order valence-electron chi connectivity index (χ1n) is 6.62. The van der Waals surface area contributed by atoms with Gasteiger partial charge in [-0.1, -0.05) is 26.0 Å². The molecule has 0 bridgehead atoms. The van der Waals surface area contributed by atoms with Gasteiger partial charge >= 0.3 is 0 Å². The van der Waals surface area contributed by atoms with Crippen LogP contribution in [0.2, 0.25) is 0 Å². The highest BCUT2D eigenvalue weighted by Gasteiger charge is 2.24. The summed E-state index contributed by atoms with van der Waals surface area (Å²) in [4.78, 5) is 11.7. The fraction of sp³-hybridized carbons (Fsp3) is 0.533. The monoisotopic (exact) mass is 246 g/mol. The molecule has 3 heteroatoms. The van der Waals surface area contributed by atoms with E-state index in [9.17, 15) is 4.79 Å². The van der Waals surface area contributed by atoms with E-state index in [1.807, 2.05) is 24.3 Å². The molecule has 1 saturated carbocycles. The average molecular weight is 246 g/mol. The third-order valence-corrected chi connectivity index (χ3v) is 3.63. The molecule has 1 fully saturated rings. The Morgan fingerprint density at radius 2 is 1.94 bits per heavy atom. The summed E-state index contributed by atoms with van der Waals surface area (Å²) < 4.78 is 0. The number of anilines is 1. The van der Waals surface area contributed by atoms with Crippen LogP contribution in [-0.4, -0.2) is 12.5 Å². The van der Waals surface area contributed by atoms with E-state index in [-0.39, 0.29) is 11.3 Å². The Hall–Kier alpha value is -1.35. The van der Waals surface area contributed by atoms with Gasteiger partial charge in [0.15, 0.2) is 0 Å². The quantitative estimate of drug-likeness (QED) is 0.839. The third kappa shape index (κ3) is 3.33. The molecule has 98 valence electrons. The van der Waals surface area contributed by atoms with Crippen LogP contribution in [0.4, 0.5) is 5.69 Å². The molecule has 3 nitrogen and oxygen atoms in total. The summed E-state index contributed by atoms with van der Waals surface area (Å²) in [6.07, 6.45) is 3.07. The second-order valence-corrected chi connectivity index (χ2v) is 5.86. The molecule has 0 radical (unpaired) electrons. The Morgan fingerprint density at radius 3 is 2.44 bits per heavy atom. The highest BCUT2D eigenvalue weighted by Crippen LogP contribution is 2.32. The van der Waals surface area contributed by atoms with Gasteiger partial charge in [0.05, 0.1) is 0 Å².